The van der Waals surface area contributed by atoms with Crippen LogP contribution in [0.3, 0.4) is 0 Å². The highest BCUT2D eigenvalue weighted by molar-refractivity contribution is 5.83. The molecule has 1 atom stereocenters. The summed E-state index contributed by atoms with van der Waals surface area (Å²) in [6.07, 6.45) is 15.8. The summed E-state index contributed by atoms with van der Waals surface area (Å²) < 4.78 is 10.1. The van der Waals surface area contributed by atoms with Gasteiger partial charge < -0.3 is 9.47 Å². The second kappa shape index (κ2) is 9.18. The predicted molar refractivity (Wildman–Crippen MR) is 107 cm³/mol. The molecule has 0 saturated carbocycles. The number of ether oxygens (including phenoxy) is 2. The first-order valence-corrected chi connectivity index (χ1v) is 9.48. The number of hydrogen-bond acceptors (Lipinski definition) is 3. The van der Waals surface area contributed by atoms with Crippen LogP contribution < -0.4 is 0 Å². The SMILES string of the molecule is CC(C=CC1=C(C)CCCC1(C)C)=CC=CC(C)=CC(=O)OCC1CO1. The molecule has 2 rings (SSSR count). The summed E-state index contributed by atoms with van der Waals surface area (Å²) in [5.74, 6) is -0.315. The van der Waals surface area contributed by atoms with E-state index in [1.165, 1.54) is 42.1 Å². The minimum Gasteiger partial charge on any atom is -0.460 e. The number of allylic oxidation sites excluding steroid dienone is 9. The smallest absolute Gasteiger partial charge is 0.331 e. The monoisotopic (exact) mass is 356 g/mol. The molecule has 26 heavy (non-hydrogen) atoms. The minimum absolute atomic E-state index is 0.105. The van der Waals surface area contributed by atoms with Crippen molar-refractivity contribution in [2.45, 2.75) is 60.0 Å². The molecule has 3 nitrogen and oxygen atoms in total. The van der Waals surface area contributed by atoms with Crippen molar-refractivity contribution in [3.05, 3.63) is 58.7 Å². The van der Waals surface area contributed by atoms with Crippen LogP contribution in [0.2, 0.25) is 0 Å². The van der Waals surface area contributed by atoms with E-state index < -0.39 is 0 Å². The van der Waals surface area contributed by atoms with Gasteiger partial charge in [0.25, 0.3) is 0 Å². The number of esters is 1. The van der Waals surface area contributed by atoms with E-state index in [1.807, 2.05) is 19.1 Å². The second-order valence-corrected chi connectivity index (χ2v) is 8.01. The Bertz CT molecular complexity index is 668. The summed E-state index contributed by atoms with van der Waals surface area (Å²) in [6.45, 7) is 11.9. The molecule has 0 N–H and O–H groups in total. The van der Waals surface area contributed by atoms with Gasteiger partial charge >= 0.3 is 5.97 Å². The van der Waals surface area contributed by atoms with E-state index in [4.69, 9.17) is 9.47 Å². The quantitative estimate of drug-likeness (QED) is 0.263. The molecule has 0 bridgehead atoms. The van der Waals surface area contributed by atoms with E-state index in [0.717, 1.165) is 5.57 Å². The van der Waals surface area contributed by atoms with E-state index in [0.29, 0.717) is 13.2 Å². The van der Waals surface area contributed by atoms with Crippen LogP contribution in [0, 0.1) is 5.41 Å². The van der Waals surface area contributed by atoms with Crippen LogP contribution >= 0.6 is 0 Å². The van der Waals surface area contributed by atoms with Crippen molar-refractivity contribution in [3.63, 3.8) is 0 Å². The highest BCUT2D eigenvalue weighted by atomic mass is 16.6. The Morgan fingerprint density at radius 3 is 2.65 bits per heavy atom. The van der Waals surface area contributed by atoms with E-state index in [-0.39, 0.29) is 17.5 Å². The standard InChI is InChI=1S/C23H32O3/c1-17(11-12-21-19(3)10-7-13-23(21,4)5)8-6-9-18(2)14-22(24)26-16-20-15-25-20/h6,8-9,11-12,14,20H,7,10,13,15-16H2,1-5H3. The molecule has 0 aromatic heterocycles. The van der Waals surface area contributed by atoms with Crippen LogP contribution in [0.25, 0.3) is 0 Å². The molecule has 142 valence electrons. The summed E-state index contributed by atoms with van der Waals surface area (Å²) in [5.41, 5.74) is 5.30. The van der Waals surface area contributed by atoms with Gasteiger partial charge in [0.05, 0.1) is 6.61 Å². The van der Waals surface area contributed by atoms with E-state index in [1.54, 1.807) is 0 Å². The van der Waals surface area contributed by atoms with Crippen molar-refractivity contribution in [2.75, 3.05) is 13.2 Å². The van der Waals surface area contributed by atoms with Gasteiger partial charge in [0.2, 0.25) is 0 Å². The third-order valence-corrected chi connectivity index (χ3v) is 4.93. The van der Waals surface area contributed by atoms with Crippen molar-refractivity contribution in [1.29, 1.82) is 0 Å². The van der Waals surface area contributed by atoms with Gasteiger partial charge in [-0.05, 0) is 56.6 Å². The van der Waals surface area contributed by atoms with Crippen LogP contribution in [-0.2, 0) is 14.3 Å². The zero-order valence-corrected chi connectivity index (χ0v) is 16.8. The molecule has 1 saturated heterocycles. The van der Waals surface area contributed by atoms with Crippen LogP contribution in [-0.4, -0.2) is 25.3 Å². The maximum absolute atomic E-state index is 11.6. The maximum atomic E-state index is 11.6. The van der Waals surface area contributed by atoms with Crippen molar-refractivity contribution < 1.29 is 14.3 Å². The van der Waals surface area contributed by atoms with E-state index in [9.17, 15) is 4.79 Å². The van der Waals surface area contributed by atoms with Crippen molar-refractivity contribution in [2.24, 2.45) is 5.41 Å². The highest BCUT2D eigenvalue weighted by Crippen LogP contribution is 2.40. The lowest BCUT2D eigenvalue weighted by molar-refractivity contribution is -0.138. The largest absolute Gasteiger partial charge is 0.460 e. The van der Waals surface area contributed by atoms with Gasteiger partial charge in [-0.2, -0.15) is 0 Å². The first kappa shape index (κ1) is 20.4. The third-order valence-electron chi connectivity index (χ3n) is 4.93. The molecule has 3 heteroatoms. The van der Waals surface area contributed by atoms with Gasteiger partial charge in [-0.3, -0.25) is 0 Å². The molecule has 1 fully saturated rings. The summed E-state index contributed by atoms with van der Waals surface area (Å²) in [4.78, 5) is 11.6. The fourth-order valence-corrected chi connectivity index (χ4v) is 3.25. The molecule has 0 radical (unpaired) electrons. The number of rotatable bonds is 7. The fourth-order valence-electron chi connectivity index (χ4n) is 3.25. The number of carbonyl (C=O) groups is 1. The van der Waals surface area contributed by atoms with Crippen LogP contribution in [0.4, 0.5) is 0 Å². The lowest BCUT2D eigenvalue weighted by Crippen LogP contribution is -2.19. The predicted octanol–water partition coefficient (Wildman–Crippen LogP) is 5.46. The van der Waals surface area contributed by atoms with Crippen molar-refractivity contribution in [1.82, 2.24) is 0 Å². The van der Waals surface area contributed by atoms with Crippen LogP contribution in [0.15, 0.2) is 58.7 Å². The van der Waals surface area contributed by atoms with Gasteiger partial charge in [-0.1, -0.05) is 55.4 Å². The first-order chi connectivity index (χ1) is 12.3. The number of epoxide rings is 1. The number of hydrogen-bond donors (Lipinski definition) is 0. The molecular weight excluding hydrogens is 324 g/mol. The number of carbonyl (C=O) groups excluding carboxylic acids is 1. The molecular formula is C23H32O3. The summed E-state index contributed by atoms with van der Waals surface area (Å²) in [6, 6.07) is 0. The Hall–Kier alpha value is -1.87. The summed E-state index contributed by atoms with van der Waals surface area (Å²) in [5, 5.41) is 0. The average Bonchev–Trinajstić information content (AvgIpc) is 3.36. The molecule has 0 amide bonds. The Balaban J connectivity index is 1.89. The van der Waals surface area contributed by atoms with Crippen LogP contribution in [0.5, 0.6) is 0 Å². The fraction of sp³-hybridized carbons (Fsp3) is 0.522. The summed E-state index contributed by atoms with van der Waals surface area (Å²) in [7, 11) is 0. The molecule has 1 aliphatic heterocycles. The lowest BCUT2D eigenvalue weighted by atomic mass is 9.72. The topological polar surface area (TPSA) is 38.8 Å². The normalized spacial score (nSPS) is 23.8. The van der Waals surface area contributed by atoms with E-state index in [2.05, 4.69) is 45.9 Å². The Kier molecular flexibility index (Phi) is 7.22. The van der Waals surface area contributed by atoms with Gasteiger partial charge in [0.1, 0.15) is 12.7 Å². The molecule has 2 aliphatic rings. The molecule has 1 heterocycles. The molecule has 0 aromatic rings. The van der Waals surface area contributed by atoms with Crippen molar-refractivity contribution >= 4 is 5.97 Å². The lowest BCUT2D eigenvalue weighted by Gasteiger charge is -2.32. The maximum Gasteiger partial charge on any atom is 0.331 e. The van der Waals surface area contributed by atoms with Gasteiger partial charge in [0, 0.05) is 6.08 Å². The Labute approximate surface area is 158 Å². The van der Waals surface area contributed by atoms with E-state index >= 15 is 0 Å². The molecule has 0 aromatic carbocycles. The van der Waals surface area contributed by atoms with Gasteiger partial charge in [-0.25, -0.2) is 4.79 Å². The third kappa shape index (κ3) is 6.80. The summed E-state index contributed by atoms with van der Waals surface area (Å²) >= 11 is 0. The van der Waals surface area contributed by atoms with Crippen molar-refractivity contribution in [3.8, 4) is 0 Å². The van der Waals surface area contributed by atoms with Gasteiger partial charge in [-0.15, -0.1) is 0 Å². The Morgan fingerprint density at radius 2 is 2.00 bits per heavy atom. The zero-order chi connectivity index (χ0) is 19.2. The zero-order valence-electron chi connectivity index (χ0n) is 16.8. The second-order valence-electron chi connectivity index (χ2n) is 8.01. The highest BCUT2D eigenvalue weighted by Gasteiger charge is 2.26. The first-order valence-electron chi connectivity index (χ1n) is 9.48. The Morgan fingerprint density at radius 1 is 1.27 bits per heavy atom. The molecule has 0 spiro atoms. The average molecular weight is 357 g/mol. The molecule has 1 aliphatic carbocycles. The molecule has 1 unspecified atom stereocenters. The van der Waals surface area contributed by atoms with Crippen LogP contribution in [0.1, 0.15) is 53.9 Å². The van der Waals surface area contributed by atoms with Gasteiger partial charge in [0.15, 0.2) is 0 Å². The minimum atomic E-state index is -0.315.